The van der Waals surface area contributed by atoms with Crippen molar-refractivity contribution in [3.05, 3.63) is 83.4 Å². The predicted molar refractivity (Wildman–Crippen MR) is 92.7 cm³/mol. The maximum absolute atomic E-state index is 13.1. The SMILES string of the molecule is O=Cc1c(-c2ccccc2)cccc1-c1cc(C(F)(F)F)cc(C(F)(F)F)c1. The van der Waals surface area contributed by atoms with Gasteiger partial charge in [-0.05, 0) is 40.5 Å². The van der Waals surface area contributed by atoms with Crippen LogP contribution < -0.4 is 0 Å². The van der Waals surface area contributed by atoms with Gasteiger partial charge in [0.25, 0.3) is 0 Å². The number of carbonyl (C=O) groups excluding carboxylic acids is 1. The third-order valence-corrected chi connectivity index (χ3v) is 4.21. The first-order chi connectivity index (χ1) is 13.1. The van der Waals surface area contributed by atoms with Crippen LogP contribution >= 0.6 is 0 Å². The van der Waals surface area contributed by atoms with E-state index in [1.165, 1.54) is 12.1 Å². The molecule has 0 aliphatic carbocycles. The lowest BCUT2D eigenvalue weighted by Crippen LogP contribution is -2.11. The number of hydrogen-bond acceptors (Lipinski definition) is 1. The molecule has 3 rings (SSSR count). The molecule has 0 atom stereocenters. The largest absolute Gasteiger partial charge is 0.416 e. The van der Waals surface area contributed by atoms with Gasteiger partial charge in [-0.2, -0.15) is 26.3 Å². The maximum atomic E-state index is 13.1. The molecule has 0 fully saturated rings. The molecule has 3 aromatic carbocycles. The van der Waals surface area contributed by atoms with E-state index in [9.17, 15) is 31.1 Å². The summed E-state index contributed by atoms with van der Waals surface area (Å²) >= 11 is 0. The highest BCUT2D eigenvalue weighted by atomic mass is 19.4. The van der Waals surface area contributed by atoms with Gasteiger partial charge in [0.1, 0.15) is 0 Å². The van der Waals surface area contributed by atoms with Gasteiger partial charge in [-0.25, -0.2) is 0 Å². The van der Waals surface area contributed by atoms with Crippen molar-refractivity contribution in [2.45, 2.75) is 12.4 Å². The quantitative estimate of drug-likeness (QED) is 0.350. The molecule has 0 N–H and O–H groups in total. The van der Waals surface area contributed by atoms with Crippen LogP contribution in [0.15, 0.2) is 66.7 Å². The molecule has 144 valence electrons. The highest BCUT2D eigenvalue weighted by Crippen LogP contribution is 2.40. The summed E-state index contributed by atoms with van der Waals surface area (Å²) in [5, 5.41) is 0. The Labute approximate surface area is 156 Å². The summed E-state index contributed by atoms with van der Waals surface area (Å²) in [6, 6.07) is 14.2. The Kier molecular flexibility index (Phi) is 5.02. The number of benzene rings is 3. The Morgan fingerprint density at radius 2 is 1.11 bits per heavy atom. The van der Waals surface area contributed by atoms with Crippen molar-refractivity contribution in [3.63, 3.8) is 0 Å². The van der Waals surface area contributed by atoms with Crippen LogP contribution in [0.1, 0.15) is 21.5 Å². The predicted octanol–water partition coefficient (Wildman–Crippen LogP) is 6.87. The Balaban J connectivity index is 2.28. The zero-order valence-corrected chi connectivity index (χ0v) is 14.1. The van der Waals surface area contributed by atoms with E-state index in [-0.39, 0.29) is 22.8 Å². The zero-order chi connectivity index (χ0) is 20.5. The van der Waals surface area contributed by atoms with Crippen LogP contribution in [0.3, 0.4) is 0 Å². The number of carbonyl (C=O) groups is 1. The summed E-state index contributed by atoms with van der Waals surface area (Å²) in [4.78, 5) is 11.7. The fraction of sp³-hybridized carbons (Fsp3) is 0.0952. The summed E-state index contributed by atoms with van der Waals surface area (Å²) in [5.41, 5.74) is -2.15. The van der Waals surface area contributed by atoms with Crippen LogP contribution in [-0.4, -0.2) is 6.29 Å². The molecule has 0 saturated carbocycles. The topological polar surface area (TPSA) is 17.1 Å². The summed E-state index contributed by atoms with van der Waals surface area (Å²) in [6.07, 6.45) is -9.49. The maximum Gasteiger partial charge on any atom is 0.416 e. The summed E-state index contributed by atoms with van der Waals surface area (Å²) < 4.78 is 78.8. The van der Waals surface area contributed by atoms with Crippen molar-refractivity contribution in [3.8, 4) is 22.3 Å². The summed E-state index contributed by atoms with van der Waals surface area (Å²) in [5.74, 6) is 0. The minimum Gasteiger partial charge on any atom is -0.298 e. The van der Waals surface area contributed by atoms with Crippen LogP contribution in [-0.2, 0) is 12.4 Å². The minimum absolute atomic E-state index is 0.00652. The van der Waals surface area contributed by atoms with E-state index in [1.54, 1.807) is 36.4 Å². The van der Waals surface area contributed by atoms with Gasteiger partial charge in [-0.15, -0.1) is 0 Å². The van der Waals surface area contributed by atoms with Gasteiger partial charge in [0.15, 0.2) is 6.29 Å². The van der Waals surface area contributed by atoms with Gasteiger partial charge in [0.2, 0.25) is 0 Å². The first-order valence-corrected chi connectivity index (χ1v) is 8.05. The van der Waals surface area contributed by atoms with Gasteiger partial charge >= 0.3 is 12.4 Å². The minimum atomic E-state index is -4.96. The number of rotatable bonds is 3. The van der Waals surface area contributed by atoms with Gasteiger partial charge in [0.05, 0.1) is 11.1 Å². The monoisotopic (exact) mass is 394 g/mol. The molecule has 0 radical (unpaired) electrons. The van der Waals surface area contributed by atoms with Crippen LogP contribution in [0.2, 0.25) is 0 Å². The lowest BCUT2D eigenvalue weighted by Gasteiger charge is -2.16. The van der Waals surface area contributed by atoms with Crippen molar-refractivity contribution in [1.82, 2.24) is 0 Å². The smallest absolute Gasteiger partial charge is 0.298 e. The van der Waals surface area contributed by atoms with Crippen molar-refractivity contribution < 1.29 is 31.1 Å². The highest BCUT2D eigenvalue weighted by Gasteiger charge is 2.37. The van der Waals surface area contributed by atoms with Gasteiger partial charge < -0.3 is 0 Å². The Morgan fingerprint density at radius 1 is 0.607 bits per heavy atom. The van der Waals surface area contributed by atoms with E-state index >= 15 is 0 Å². The summed E-state index contributed by atoms with van der Waals surface area (Å²) in [6.45, 7) is 0. The fourth-order valence-electron chi connectivity index (χ4n) is 2.92. The molecule has 0 spiro atoms. The molecule has 0 aromatic heterocycles. The molecular weight excluding hydrogens is 382 g/mol. The molecule has 28 heavy (non-hydrogen) atoms. The van der Waals surface area contributed by atoms with E-state index < -0.39 is 23.5 Å². The Bertz CT molecular complexity index is 971. The first-order valence-electron chi connectivity index (χ1n) is 8.05. The third kappa shape index (κ3) is 3.93. The van der Waals surface area contributed by atoms with Gasteiger partial charge in [0, 0.05) is 5.56 Å². The van der Waals surface area contributed by atoms with Crippen molar-refractivity contribution >= 4 is 6.29 Å². The Morgan fingerprint density at radius 3 is 1.57 bits per heavy atom. The van der Waals surface area contributed by atoms with Crippen LogP contribution in [0.5, 0.6) is 0 Å². The third-order valence-electron chi connectivity index (χ3n) is 4.21. The van der Waals surface area contributed by atoms with Crippen molar-refractivity contribution in [1.29, 1.82) is 0 Å². The lowest BCUT2D eigenvalue weighted by atomic mass is 9.91. The van der Waals surface area contributed by atoms with Crippen molar-refractivity contribution in [2.24, 2.45) is 0 Å². The molecule has 0 aliphatic rings. The molecular formula is C21H12F6O. The van der Waals surface area contributed by atoms with Crippen LogP contribution in [0, 0.1) is 0 Å². The van der Waals surface area contributed by atoms with E-state index in [0.717, 1.165) is 0 Å². The van der Waals surface area contributed by atoms with E-state index in [1.807, 2.05) is 0 Å². The van der Waals surface area contributed by atoms with Crippen LogP contribution in [0.4, 0.5) is 26.3 Å². The van der Waals surface area contributed by atoms with Gasteiger partial charge in [-0.1, -0.05) is 48.5 Å². The molecule has 0 bridgehead atoms. The number of aldehydes is 1. The van der Waals surface area contributed by atoms with Gasteiger partial charge in [-0.3, -0.25) is 4.79 Å². The average Bonchev–Trinajstić information content (AvgIpc) is 2.66. The molecule has 7 heteroatoms. The average molecular weight is 394 g/mol. The highest BCUT2D eigenvalue weighted by molar-refractivity contribution is 5.96. The van der Waals surface area contributed by atoms with Crippen LogP contribution in [0.25, 0.3) is 22.3 Å². The number of alkyl halides is 6. The summed E-state index contributed by atoms with van der Waals surface area (Å²) in [7, 11) is 0. The molecule has 0 saturated heterocycles. The second-order valence-electron chi connectivity index (χ2n) is 6.05. The van der Waals surface area contributed by atoms with E-state index in [2.05, 4.69) is 0 Å². The van der Waals surface area contributed by atoms with Crippen molar-refractivity contribution in [2.75, 3.05) is 0 Å². The van der Waals surface area contributed by atoms with E-state index in [0.29, 0.717) is 29.5 Å². The Hall–Kier alpha value is -3.09. The van der Waals surface area contributed by atoms with E-state index in [4.69, 9.17) is 0 Å². The second kappa shape index (κ2) is 7.14. The molecule has 0 aliphatic heterocycles. The normalized spacial score (nSPS) is 12.1. The fourth-order valence-corrected chi connectivity index (χ4v) is 2.92. The molecule has 1 nitrogen and oxygen atoms in total. The molecule has 0 amide bonds. The number of hydrogen-bond donors (Lipinski definition) is 0. The first kappa shape index (κ1) is 19.7. The molecule has 0 unspecified atom stereocenters. The lowest BCUT2D eigenvalue weighted by molar-refractivity contribution is -0.143. The standard InChI is InChI=1S/C21H12F6O/c22-20(23,24)15-9-14(10-16(11-15)21(25,26)27)18-8-4-7-17(19(18)12-28)13-5-2-1-3-6-13/h1-12H. The number of halogens is 6. The zero-order valence-electron chi connectivity index (χ0n) is 14.1. The second-order valence-corrected chi connectivity index (χ2v) is 6.05. The molecule has 3 aromatic rings. The molecule has 0 heterocycles.